The average molecular weight is 212 g/mol. The molecule has 1 fully saturated rings. The van der Waals surface area contributed by atoms with Gasteiger partial charge in [-0.1, -0.05) is 0 Å². The minimum Gasteiger partial charge on any atom is -0.322 e. The number of carbonyl (C=O) groups is 1. The highest BCUT2D eigenvalue weighted by atomic mass is 32.1. The normalized spacial score (nSPS) is 16.7. The summed E-state index contributed by atoms with van der Waals surface area (Å²) < 4.78 is 0. The zero-order valence-corrected chi connectivity index (χ0v) is 8.51. The van der Waals surface area contributed by atoms with E-state index in [9.17, 15) is 4.79 Å². The molecule has 0 aliphatic carbocycles. The van der Waals surface area contributed by atoms with Gasteiger partial charge in [-0.2, -0.15) is 0 Å². The summed E-state index contributed by atoms with van der Waals surface area (Å²) in [5.74, 6) is 0. The smallest absolute Gasteiger partial charge is 0.322 e. The van der Waals surface area contributed by atoms with Crippen LogP contribution in [0.1, 0.15) is 0 Å². The van der Waals surface area contributed by atoms with Crippen molar-refractivity contribution in [2.24, 2.45) is 0 Å². The van der Waals surface area contributed by atoms with Crippen LogP contribution in [0, 0.1) is 0 Å². The molecule has 5 nitrogen and oxygen atoms in total. The zero-order valence-electron chi connectivity index (χ0n) is 7.69. The molecule has 1 aliphatic heterocycles. The fraction of sp³-hybridized carbons (Fsp3) is 0.500. The molecule has 2 rings (SSSR count). The maximum Gasteiger partial charge on any atom is 0.323 e. The van der Waals surface area contributed by atoms with Crippen molar-refractivity contribution in [1.29, 1.82) is 0 Å². The van der Waals surface area contributed by atoms with Crippen LogP contribution < -0.4 is 10.6 Å². The molecule has 1 aromatic heterocycles. The lowest BCUT2D eigenvalue weighted by Crippen LogP contribution is -2.48. The molecule has 2 N–H and O–H groups in total. The highest BCUT2D eigenvalue weighted by molar-refractivity contribution is 7.13. The number of hydrogen-bond donors (Lipinski definition) is 2. The second kappa shape index (κ2) is 4.39. The van der Waals surface area contributed by atoms with Gasteiger partial charge in [-0.3, -0.25) is 5.32 Å². The second-order valence-corrected chi connectivity index (χ2v) is 3.90. The van der Waals surface area contributed by atoms with E-state index in [2.05, 4.69) is 15.6 Å². The van der Waals surface area contributed by atoms with Crippen molar-refractivity contribution in [2.75, 3.05) is 31.5 Å². The maximum atomic E-state index is 11.6. The van der Waals surface area contributed by atoms with Crippen molar-refractivity contribution in [1.82, 2.24) is 15.2 Å². The van der Waals surface area contributed by atoms with Gasteiger partial charge in [-0.15, -0.1) is 11.3 Å². The molecule has 1 aromatic rings. The van der Waals surface area contributed by atoms with Crippen molar-refractivity contribution in [2.45, 2.75) is 0 Å². The minimum atomic E-state index is -0.0542. The third kappa shape index (κ3) is 2.21. The summed E-state index contributed by atoms with van der Waals surface area (Å²) in [4.78, 5) is 17.4. The Balaban J connectivity index is 1.88. The summed E-state index contributed by atoms with van der Waals surface area (Å²) in [5.41, 5.74) is 0. The number of carbonyl (C=O) groups excluding carboxylic acids is 1. The molecule has 6 heteroatoms. The standard InChI is InChI=1S/C8H12N4OS/c13-8(11-7-10-3-6-14-7)12-4-1-9-2-5-12/h3,6,9H,1-2,4-5H2,(H,10,11,13). The van der Waals surface area contributed by atoms with Gasteiger partial charge in [-0.05, 0) is 0 Å². The number of aromatic nitrogens is 1. The van der Waals surface area contributed by atoms with Gasteiger partial charge in [0.05, 0.1) is 0 Å². The summed E-state index contributed by atoms with van der Waals surface area (Å²) in [5, 5.41) is 8.45. The number of hydrogen-bond acceptors (Lipinski definition) is 4. The first-order chi connectivity index (χ1) is 6.86. The number of nitrogens with zero attached hydrogens (tertiary/aromatic N) is 2. The van der Waals surface area contributed by atoms with Gasteiger partial charge in [0.1, 0.15) is 0 Å². The highest BCUT2D eigenvalue weighted by Gasteiger charge is 2.16. The minimum absolute atomic E-state index is 0.0542. The Morgan fingerprint density at radius 1 is 1.57 bits per heavy atom. The van der Waals surface area contributed by atoms with Crippen LogP contribution in [-0.4, -0.2) is 42.1 Å². The monoisotopic (exact) mass is 212 g/mol. The Labute approximate surface area is 86.1 Å². The largest absolute Gasteiger partial charge is 0.323 e. The van der Waals surface area contributed by atoms with Crippen LogP contribution in [0.5, 0.6) is 0 Å². The summed E-state index contributed by atoms with van der Waals surface area (Å²) in [6.07, 6.45) is 1.68. The van der Waals surface area contributed by atoms with E-state index in [1.807, 2.05) is 5.38 Å². The van der Waals surface area contributed by atoms with Crippen molar-refractivity contribution in [3.8, 4) is 0 Å². The molecule has 0 atom stereocenters. The Bertz CT molecular complexity index is 294. The number of amides is 2. The molecular weight excluding hydrogens is 200 g/mol. The van der Waals surface area contributed by atoms with Gasteiger partial charge < -0.3 is 10.2 Å². The van der Waals surface area contributed by atoms with Crippen LogP contribution >= 0.6 is 11.3 Å². The fourth-order valence-corrected chi connectivity index (χ4v) is 1.84. The lowest BCUT2D eigenvalue weighted by atomic mass is 10.4. The Hall–Kier alpha value is -1.14. The summed E-state index contributed by atoms with van der Waals surface area (Å²) >= 11 is 1.43. The van der Waals surface area contributed by atoms with Crippen molar-refractivity contribution < 1.29 is 4.79 Å². The van der Waals surface area contributed by atoms with E-state index in [0.29, 0.717) is 5.13 Å². The molecule has 0 spiro atoms. The molecule has 0 aromatic carbocycles. The van der Waals surface area contributed by atoms with Crippen LogP contribution in [0.4, 0.5) is 9.93 Å². The third-order valence-corrected chi connectivity index (χ3v) is 2.74. The van der Waals surface area contributed by atoms with Gasteiger partial charge in [0.2, 0.25) is 0 Å². The maximum absolute atomic E-state index is 11.6. The van der Waals surface area contributed by atoms with E-state index < -0.39 is 0 Å². The first kappa shape index (κ1) is 9.42. The highest BCUT2D eigenvalue weighted by Crippen LogP contribution is 2.11. The molecule has 2 amide bonds. The molecule has 76 valence electrons. The topological polar surface area (TPSA) is 57.3 Å². The molecule has 0 bridgehead atoms. The van der Waals surface area contributed by atoms with E-state index in [4.69, 9.17) is 0 Å². The van der Waals surface area contributed by atoms with E-state index in [0.717, 1.165) is 26.2 Å². The van der Waals surface area contributed by atoms with Crippen LogP contribution in [0.3, 0.4) is 0 Å². The predicted molar refractivity (Wildman–Crippen MR) is 55.6 cm³/mol. The quantitative estimate of drug-likeness (QED) is 0.716. The summed E-state index contributed by atoms with van der Waals surface area (Å²) in [6.45, 7) is 3.25. The van der Waals surface area contributed by atoms with Gasteiger partial charge >= 0.3 is 6.03 Å². The van der Waals surface area contributed by atoms with Gasteiger partial charge in [0.15, 0.2) is 5.13 Å². The Morgan fingerprint density at radius 2 is 2.36 bits per heavy atom. The SMILES string of the molecule is O=C(Nc1nccs1)N1CCNCC1. The van der Waals surface area contributed by atoms with E-state index in [-0.39, 0.29) is 6.03 Å². The lowest BCUT2D eigenvalue weighted by Gasteiger charge is -2.26. The number of urea groups is 1. The number of nitrogens with one attached hydrogen (secondary N) is 2. The number of piperazine rings is 1. The van der Waals surface area contributed by atoms with Crippen molar-refractivity contribution in [3.63, 3.8) is 0 Å². The first-order valence-corrected chi connectivity index (χ1v) is 5.40. The molecule has 0 radical (unpaired) electrons. The van der Waals surface area contributed by atoms with E-state index in [1.54, 1.807) is 11.1 Å². The fourth-order valence-electron chi connectivity index (χ4n) is 1.32. The average Bonchev–Trinajstić information content (AvgIpc) is 2.72. The molecule has 14 heavy (non-hydrogen) atoms. The van der Waals surface area contributed by atoms with Gasteiger partial charge in [-0.25, -0.2) is 9.78 Å². The third-order valence-electron chi connectivity index (χ3n) is 2.05. The number of thiazole rings is 1. The van der Waals surface area contributed by atoms with E-state index in [1.165, 1.54) is 11.3 Å². The Morgan fingerprint density at radius 3 is 3.00 bits per heavy atom. The number of rotatable bonds is 1. The van der Waals surface area contributed by atoms with Crippen LogP contribution in [-0.2, 0) is 0 Å². The van der Waals surface area contributed by atoms with E-state index >= 15 is 0 Å². The van der Waals surface area contributed by atoms with Gasteiger partial charge in [0.25, 0.3) is 0 Å². The molecule has 0 unspecified atom stereocenters. The van der Waals surface area contributed by atoms with Crippen LogP contribution in [0.25, 0.3) is 0 Å². The van der Waals surface area contributed by atoms with Crippen molar-refractivity contribution in [3.05, 3.63) is 11.6 Å². The summed E-state index contributed by atoms with van der Waals surface area (Å²) in [6, 6.07) is -0.0542. The molecule has 0 saturated carbocycles. The Kier molecular flexibility index (Phi) is 2.95. The molecular formula is C8H12N4OS. The zero-order chi connectivity index (χ0) is 9.80. The second-order valence-electron chi connectivity index (χ2n) is 3.00. The molecule has 1 saturated heterocycles. The first-order valence-electron chi connectivity index (χ1n) is 4.52. The van der Waals surface area contributed by atoms with Crippen LogP contribution in [0.15, 0.2) is 11.6 Å². The predicted octanol–water partition coefficient (Wildman–Crippen LogP) is 0.580. The molecule has 2 heterocycles. The van der Waals surface area contributed by atoms with Gasteiger partial charge in [0, 0.05) is 37.8 Å². The molecule has 1 aliphatic rings. The van der Waals surface area contributed by atoms with Crippen molar-refractivity contribution >= 4 is 22.5 Å². The lowest BCUT2D eigenvalue weighted by molar-refractivity contribution is 0.204. The summed E-state index contributed by atoms with van der Waals surface area (Å²) in [7, 11) is 0. The number of anilines is 1. The van der Waals surface area contributed by atoms with Crippen LogP contribution in [0.2, 0.25) is 0 Å².